The van der Waals surface area contributed by atoms with Gasteiger partial charge in [-0.05, 0) is 43.2 Å². The fourth-order valence-electron chi connectivity index (χ4n) is 4.56. The van der Waals surface area contributed by atoms with Gasteiger partial charge in [0.2, 0.25) is 5.91 Å². The lowest BCUT2D eigenvalue weighted by Crippen LogP contribution is -2.41. The lowest BCUT2D eigenvalue weighted by atomic mass is 9.97. The molecule has 5 rings (SSSR count). The molecular formula is C25H21BrF4N4O3S. The molecule has 0 saturated carbocycles. The Morgan fingerprint density at radius 2 is 1.97 bits per heavy atom. The number of halogens is 5. The molecule has 2 aromatic heterocycles. The second-order valence-corrected chi connectivity index (χ2v) is 10.8. The van der Waals surface area contributed by atoms with Gasteiger partial charge in [0, 0.05) is 47.0 Å². The normalized spacial score (nSPS) is 18.4. The second kappa shape index (κ2) is 10.6. The zero-order valence-corrected chi connectivity index (χ0v) is 22.2. The molecule has 2 aliphatic rings. The Kier molecular flexibility index (Phi) is 7.40. The molecule has 3 aromatic rings. The van der Waals surface area contributed by atoms with Crippen molar-refractivity contribution < 1.29 is 27.2 Å². The van der Waals surface area contributed by atoms with Gasteiger partial charge in [-0.2, -0.15) is 13.2 Å². The number of likely N-dealkylation sites (tertiary alicyclic amines) is 1. The van der Waals surface area contributed by atoms with Crippen molar-refractivity contribution in [1.29, 1.82) is 0 Å². The quantitative estimate of drug-likeness (QED) is 0.357. The molecule has 1 saturated heterocycles. The number of piperidine rings is 1. The number of thiazole rings is 1. The molecule has 1 atom stereocenters. The molecule has 1 aromatic carbocycles. The zero-order valence-electron chi connectivity index (χ0n) is 19.8. The standard InChI is InChI=1S/C25H21BrF4N4O3S/c26-18-4-3-15(27)10-16(18)21-11-19(32-37-21)20-13-38-23(31-20)14-5-8-33(9-6-14)22(35)12-34-7-1-2-17(24(34)36)25(28,29)30/h1-4,7,10,13-14,21H,5-6,8-9,11-12H2. The Hall–Kier alpha value is -3.06. The van der Waals surface area contributed by atoms with Gasteiger partial charge in [-0.15, -0.1) is 11.3 Å². The molecule has 1 unspecified atom stereocenters. The van der Waals surface area contributed by atoms with Crippen LogP contribution >= 0.6 is 27.3 Å². The first-order chi connectivity index (χ1) is 18.1. The summed E-state index contributed by atoms with van der Waals surface area (Å²) in [5, 5.41) is 6.97. The van der Waals surface area contributed by atoms with Crippen LogP contribution < -0.4 is 5.56 Å². The van der Waals surface area contributed by atoms with Crippen LogP contribution in [0.25, 0.3) is 0 Å². The van der Waals surface area contributed by atoms with Crippen LogP contribution in [0.1, 0.15) is 53.1 Å². The SMILES string of the molecule is O=C(Cn1cccc(C(F)(F)F)c1=O)N1CCC(c2nc(C3=NOC(c4cc(F)ccc4Br)C3)cs2)CC1. The number of rotatable bonds is 5. The molecule has 13 heteroatoms. The Balaban J connectivity index is 1.18. The average Bonchev–Trinajstić information content (AvgIpc) is 3.56. The highest BCUT2D eigenvalue weighted by Crippen LogP contribution is 2.36. The molecule has 0 aliphatic carbocycles. The summed E-state index contributed by atoms with van der Waals surface area (Å²) in [6.45, 7) is 0.370. The fraction of sp³-hybridized carbons (Fsp3) is 0.360. The van der Waals surface area contributed by atoms with Gasteiger partial charge >= 0.3 is 6.18 Å². The van der Waals surface area contributed by atoms with Crippen molar-refractivity contribution in [2.45, 2.75) is 44.0 Å². The van der Waals surface area contributed by atoms with E-state index in [0.717, 1.165) is 20.1 Å². The smallest absolute Gasteiger partial charge is 0.387 e. The minimum absolute atomic E-state index is 0.116. The van der Waals surface area contributed by atoms with Crippen LogP contribution in [0.2, 0.25) is 0 Å². The van der Waals surface area contributed by atoms with Gasteiger partial charge in [0.25, 0.3) is 5.56 Å². The Bertz CT molecular complexity index is 1450. The maximum Gasteiger partial charge on any atom is 0.421 e. The second-order valence-electron chi connectivity index (χ2n) is 9.08. The molecule has 4 heterocycles. The van der Waals surface area contributed by atoms with Crippen LogP contribution in [0, 0.1) is 5.82 Å². The van der Waals surface area contributed by atoms with Gasteiger partial charge < -0.3 is 14.3 Å². The van der Waals surface area contributed by atoms with Crippen molar-refractivity contribution in [2.75, 3.05) is 13.1 Å². The van der Waals surface area contributed by atoms with Crippen molar-refractivity contribution in [2.24, 2.45) is 5.16 Å². The van der Waals surface area contributed by atoms with Crippen molar-refractivity contribution in [3.05, 3.63) is 84.4 Å². The summed E-state index contributed by atoms with van der Waals surface area (Å²) in [5.41, 5.74) is -0.485. The van der Waals surface area contributed by atoms with E-state index in [-0.39, 0.29) is 11.7 Å². The van der Waals surface area contributed by atoms with E-state index in [1.54, 1.807) is 11.0 Å². The highest BCUT2D eigenvalue weighted by atomic mass is 79.9. The number of hydrogen-bond donors (Lipinski definition) is 0. The Labute approximate surface area is 226 Å². The summed E-state index contributed by atoms with van der Waals surface area (Å²) in [4.78, 5) is 36.7. The van der Waals surface area contributed by atoms with Gasteiger partial charge in [0.15, 0.2) is 6.10 Å². The van der Waals surface area contributed by atoms with Gasteiger partial charge in [0.1, 0.15) is 23.6 Å². The minimum atomic E-state index is -4.78. The third-order valence-electron chi connectivity index (χ3n) is 6.62. The molecule has 200 valence electrons. The molecule has 1 amide bonds. The minimum Gasteiger partial charge on any atom is -0.387 e. The van der Waals surface area contributed by atoms with E-state index in [9.17, 15) is 27.2 Å². The van der Waals surface area contributed by atoms with Crippen molar-refractivity contribution in [3.63, 3.8) is 0 Å². The van der Waals surface area contributed by atoms with E-state index in [0.29, 0.717) is 55.4 Å². The number of carbonyl (C=O) groups is 1. The van der Waals surface area contributed by atoms with Gasteiger partial charge in [-0.25, -0.2) is 9.37 Å². The van der Waals surface area contributed by atoms with E-state index in [1.165, 1.54) is 29.7 Å². The summed E-state index contributed by atoms with van der Waals surface area (Å²) in [6.07, 6.45) is -2.28. The summed E-state index contributed by atoms with van der Waals surface area (Å²) in [6, 6.07) is 6.23. The third-order valence-corrected chi connectivity index (χ3v) is 8.35. The van der Waals surface area contributed by atoms with Gasteiger partial charge in [-0.1, -0.05) is 21.1 Å². The molecule has 1 fully saturated rings. The molecule has 0 spiro atoms. The number of benzene rings is 1. The fourth-order valence-corrected chi connectivity index (χ4v) is 6.07. The maximum absolute atomic E-state index is 13.7. The van der Waals surface area contributed by atoms with Crippen molar-refractivity contribution >= 4 is 38.9 Å². The van der Waals surface area contributed by atoms with Crippen LogP contribution in [-0.2, 0) is 22.4 Å². The van der Waals surface area contributed by atoms with E-state index < -0.39 is 35.9 Å². The largest absolute Gasteiger partial charge is 0.421 e. The number of hydrogen-bond acceptors (Lipinski definition) is 6. The monoisotopic (exact) mass is 612 g/mol. The average molecular weight is 613 g/mol. The summed E-state index contributed by atoms with van der Waals surface area (Å²) < 4.78 is 54.2. The first kappa shape index (κ1) is 26.5. The van der Waals surface area contributed by atoms with Crippen LogP contribution in [0.4, 0.5) is 17.6 Å². The lowest BCUT2D eigenvalue weighted by molar-refractivity contribution is -0.139. The first-order valence-corrected chi connectivity index (χ1v) is 13.5. The number of nitrogens with zero attached hydrogens (tertiary/aromatic N) is 4. The van der Waals surface area contributed by atoms with Gasteiger partial charge in [0.05, 0.1) is 10.7 Å². The van der Waals surface area contributed by atoms with E-state index >= 15 is 0 Å². The number of pyridine rings is 1. The van der Waals surface area contributed by atoms with Crippen LogP contribution in [0.3, 0.4) is 0 Å². The highest BCUT2D eigenvalue weighted by Gasteiger charge is 2.35. The number of oxime groups is 1. The van der Waals surface area contributed by atoms with Gasteiger partial charge in [-0.3, -0.25) is 9.59 Å². The first-order valence-electron chi connectivity index (χ1n) is 11.8. The van der Waals surface area contributed by atoms with Crippen LogP contribution in [0.5, 0.6) is 0 Å². The van der Waals surface area contributed by atoms with Crippen LogP contribution in [0.15, 0.2) is 56.3 Å². The van der Waals surface area contributed by atoms with E-state index in [1.807, 2.05) is 5.38 Å². The molecule has 2 aliphatic heterocycles. The Morgan fingerprint density at radius 1 is 1.21 bits per heavy atom. The lowest BCUT2D eigenvalue weighted by Gasteiger charge is -2.31. The highest BCUT2D eigenvalue weighted by molar-refractivity contribution is 9.10. The molecule has 7 nitrogen and oxygen atoms in total. The number of alkyl halides is 3. The predicted octanol–water partition coefficient (Wildman–Crippen LogP) is 5.50. The molecule has 0 N–H and O–H groups in total. The Morgan fingerprint density at radius 3 is 2.71 bits per heavy atom. The van der Waals surface area contributed by atoms with E-state index in [4.69, 9.17) is 9.82 Å². The van der Waals surface area contributed by atoms with Crippen LogP contribution in [-0.4, -0.2) is 39.2 Å². The number of aromatic nitrogens is 2. The van der Waals surface area contributed by atoms with Crippen molar-refractivity contribution in [3.8, 4) is 0 Å². The predicted molar refractivity (Wildman–Crippen MR) is 135 cm³/mol. The van der Waals surface area contributed by atoms with Crippen molar-refractivity contribution in [1.82, 2.24) is 14.5 Å². The summed E-state index contributed by atoms with van der Waals surface area (Å²) in [5.74, 6) is -0.648. The number of carbonyl (C=O) groups excluding carboxylic acids is 1. The maximum atomic E-state index is 13.7. The van der Waals surface area contributed by atoms with E-state index in [2.05, 4.69) is 21.1 Å². The molecule has 38 heavy (non-hydrogen) atoms. The third kappa shape index (κ3) is 5.53. The molecule has 0 radical (unpaired) electrons. The molecular weight excluding hydrogens is 592 g/mol. The molecule has 0 bridgehead atoms. The zero-order chi connectivity index (χ0) is 27.0. The summed E-state index contributed by atoms with van der Waals surface area (Å²) >= 11 is 4.91. The topological polar surface area (TPSA) is 76.8 Å². The number of amides is 1. The summed E-state index contributed by atoms with van der Waals surface area (Å²) in [7, 11) is 0.